The maximum Gasteiger partial charge on any atom is 0.277 e. The summed E-state index contributed by atoms with van der Waals surface area (Å²) in [6.07, 6.45) is 0. The van der Waals surface area contributed by atoms with Crippen LogP contribution in [0.4, 0.5) is 5.95 Å². The van der Waals surface area contributed by atoms with Gasteiger partial charge < -0.3 is 5.73 Å². The predicted molar refractivity (Wildman–Crippen MR) is 76.7 cm³/mol. The molecule has 3 N–H and O–H groups in total. The highest BCUT2D eigenvalue weighted by Gasteiger charge is 2.19. The number of nitrogens with two attached hydrogens (primary N) is 1. The first kappa shape index (κ1) is 15.0. The normalized spacial score (nSPS) is 10.8. The lowest BCUT2D eigenvalue weighted by atomic mass is 10.1. The van der Waals surface area contributed by atoms with E-state index in [0.29, 0.717) is 11.1 Å². The molecule has 0 saturated heterocycles. The van der Waals surface area contributed by atoms with Crippen LogP contribution in [0.2, 0.25) is 0 Å². The highest BCUT2D eigenvalue weighted by molar-refractivity contribution is 7.92. The molecule has 2 aromatic rings. The van der Waals surface area contributed by atoms with Gasteiger partial charge in [0.2, 0.25) is 0 Å². The zero-order valence-electron chi connectivity index (χ0n) is 11.5. The number of anilines is 1. The SMILES string of the molecule is Cc1ccc(C#CCN)cc1S(=O)(=O)Nc1nnn(C)n1. The molecule has 0 radical (unpaired) electrons. The Balaban J connectivity index is 2.39. The molecule has 0 amide bonds. The van der Waals surface area contributed by atoms with Gasteiger partial charge in [-0.25, -0.2) is 13.1 Å². The van der Waals surface area contributed by atoms with Crippen molar-refractivity contribution in [3.8, 4) is 11.8 Å². The molecule has 0 bridgehead atoms. The molecule has 0 unspecified atom stereocenters. The number of rotatable bonds is 3. The summed E-state index contributed by atoms with van der Waals surface area (Å²) in [5.74, 6) is 5.39. The lowest BCUT2D eigenvalue weighted by molar-refractivity contribution is 0.600. The van der Waals surface area contributed by atoms with Crippen molar-refractivity contribution < 1.29 is 8.42 Å². The molecule has 1 heterocycles. The van der Waals surface area contributed by atoms with Crippen LogP contribution in [0.5, 0.6) is 0 Å². The maximum atomic E-state index is 12.4. The Bertz CT molecular complexity index is 816. The van der Waals surface area contributed by atoms with Gasteiger partial charge in [0.05, 0.1) is 18.5 Å². The van der Waals surface area contributed by atoms with Gasteiger partial charge in [-0.3, -0.25) is 0 Å². The lowest BCUT2D eigenvalue weighted by Crippen LogP contribution is -2.15. The van der Waals surface area contributed by atoms with Gasteiger partial charge in [0.1, 0.15) is 0 Å². The third-order valence-corrected chi connectivity index (χ3v) is 4.02. The second-order valence-corrected chi connectivity index (χ2v) is 5.84. The van der Waals surface area contributed by atoms with E-state index in [0.717, 1.165) is 4.80 Å². The van der Waals surface area contributed by atoms with Crippen LogP contribution in [0.25, 0.3) is 0 Å². The van der Waals surface area contributed by atoms with E-state index in [1.54, 1.807) is 26.1 Å². The van der Waals surface area contributed by atoms with Crippen molar-refractivity contribution in [2.24, 2.45) is 12.8 Å². The summed E-state index contributed by atoms with van der Waals surface area (Å²) in [5.41, 5.74) is 6.46. The zero-order valence-corrected chi connectivity index (χ0v) is 12.3. The Labute approximate surface area is 122 Å². The second-order valence-electron chi connectivity index (χ2n) is 4.19. The fourth-order valence-electron chi connectivity index (χ4n) is 1.62. The number of nitrogens with one attached hydrogen (secondary N) is 1. The van der Waals surface area contributed by atoms with Crippen molar-refractivity contribution in [2.75, 3.05) is 11.3 Å². The van der Waals surface area contributed by atoms with E-state index in [1.165, 1.54) is 6.07 Å². The Morgan fingerprint density at radius 2 is 2.19 bits per heavy atom. The van der Waals surface area contributed by atoms with Crippen LogP contribution in [0.1, 0.15) is 11.1 Å². The molecule has 2 rings (SSSR count). The number of aromatic nitrogens is 4. The molecule has 0 fully saturated rings. The molecular formula is C12H14N6O2S. The summed E-state index contributed by atoms with van der Waals surface area (Å²) in [4.78, 5) is 1.27. The topological polar surface area (TPSA) is 116 Å². The number of aryl methyl sites for hydroxylation is 2. The minimum Gasteiger partial charge on any atom is -0.320 e. The molecule has 21 heavy (non-hydrogen) atoms. The summed E-state index contributed by atoms with van der Waals surface area (Å²) < 4.78 is 27.0. The van der Waals surface area contributed by atoms with Crippen molar-refractivity contribution in [1.29, 1.82) is 0 Å². The van der Waals surface area contributed by atoms with E-state index in [-0.39, 0.29) is 17.4 Å². The fraction of sp³-hybridized carbons (Fsp3) is 0.250. The number of sulfonamides is 1. The third kappa shape index (κ3) is 3.56. The van der Waals surface area contributed by atoms with Gasteiger partial charge in [-0.15, -0.1) is 5.10 Å². The summed E-state index contributed by atoms with van der Waals surface area (Å²) in [5, 5.41) is 10.9. The highest BCUT2D eigenvalue weighted by Crippen LogP contribution is 2.18. The number of tetrazole rings is 1. The Morgan fingerprint density at radius 1 is 1.43 bits per heavy atom. The molecule has 110 valence electrons. The van der Waals surface area contributed by atoms with E-state index < -0.39 is 10.0 Å². The van der Waals surface area contributed by atoms with Gasteiger partial charge in [0.15, 0.2) is 0 Å². The predicted octanol–water partition coefficient (Wildman–Crippen LogP) is -0.370. The minimum absolute atomic E-state index is 0.0876. The van der Waals surface area contributed by atoms with Crippen LogP contribution >= 0.6 is 0 Å². The first-order chi connectivity index (χ1) is 9.92. The number of hydrogen-bond acceptors (Lipinski definition) is 6. The molecule has 0 aliphatic rings. The molecule has 0 spiro atoms. The quantitative estimate of drug-likeness (QED) is 0.747. The van der Waals surface area contributed by atoms with Crippen molar-refractivity contribution in [3.63, 3.8) is 0 Å². The third-order valence-electron chi connectivity index (χ3n) is 2.55. The van der Waals surface area contributed by atoms with Crippen LogP contribution in [0, 0.1) is 18.8 Å². The van der Waals surface area contributed by atoms with Crippen LogP contribution in [0.15, 0.2) is 23.1 Å². The summed E-state index contributed by atoms with van der Waals surface area (Å²) in [6.45, 7) is 1.90. The Morgan fingerprint density at radius 3 is 2.81 bits per heavy atom. The second kappa shape index (κ2) is 5.90. The molecule has 0 aliphatic carbocycles. The van der Waals surface area contributed by atoms with Crippen molar-refractivity contribution in [1.82, 2.24) is 20.2 Å². The van der Waals surface area contributed by atoms with Crippen molar-refractivity contribution in [3.05, 3.63) is 29.3 Å². The zero-order chi connectivity index (χ0) is 15.5. The molecular weight excluding hydrogens is 292 g/mol. The molecule has 8 nitrogen and oxygen atoms in total. The maximum absolute atomic E-state index is 12.4. The molecule has 1 aromatic heterocycles. The first-order valence-electron chi connectivity index (χ1n) is 5.99. The van der Waals surface area contributed by atoms with Crippen molar-refractivity contribution >= 4 is 16.0 Å². The first-order valence-corrected chi connectivity index (χ1v) is 7.47. The number of nitrogens with zero attached hydrogens (tertiary/aromatic N) is 4. The fourth-order valence-corrected chi connectivity index (χ4v) is 2.83. The smallest absolute Gasteiger partial charge is 0.277 e. The van der Waals surface area contributed by atoms with E-state index in [2.05, 4.69) is 32.0 Å². The average molecular weight is 306 g/mol. The molecule has 0 saturated carbocycles. The summed E-state index contributed by atoms with van der Waals surface area (Å²) >= 11 is 0. The average Bonchev–Trinajstić information content (AvgIpc) is 2.82. The molecule has 0 aliphatic heterocycles. The lowest BCUT2D eigenvalue weighted by Gasteiger charge is -2.08. The van der Waals surface area contributed by atoms with Crippen LogP contribution in [-0.4, -0.2) is 35.2 Å². The standard InChI is InChI=1S/C12H14N6O2S/c1-9-5-6-10(4-3-7-13)8-11(9)21(19,20)16-12-14-17-18(2)15-12/h5-6,8H,7,13H2,1-2H3,(H,15,16). The van der Waals surface area contributed by atoms with Gasteiger partial charge in [-0.2, -0.15) is 4.80 Å². The van der Waals surface area contributed by atoms with E-state index in [4.69, 9.17) is 5.73 Å². The van der Waals surface area contributed by atoms with Gasteiger partial charge in [-0.05, 0) is 29.8 Å². The van der Waals surface area contributed by atoms with Crippen LogP contribution < -0.4 is 10.5 Å². The summed E-state index contributed by atoms with van der Waals surface area (Å²) in [7, 11) is -2.26. The van der Waals surface area contributed by atoms with Crippen molar-refractivity contribution in [2.45, 2.75) is 11.8 Å². The van der Waals surface area contributed by atoms with Crippen LogP contribution in [0.3, 0.4) is 0 Å². The monoisotopic (exact) mass is 306 g/mol. The van der Waals surface area contributed by atoms with Gasteiger partial charge in [0, 0.05) is 5.56 Å². The largest absolute Gasteiger partial charge is 0.320 e. The summed E-state index contributed by atoms with van der Waals surface area (Å²) in [6, 6.07) is 4.90. The van der Waals surface area contributed by atoms with E-state index in [9.17, 15) is 8.42 Å². The Hall–Kier alpha value is -2.44. The van der Waals surface area contributed by atoms with Gasteiger partial charge in [0.25, 0.3) is 16.0 Å². The Kier molecular flexibility index (Phi) is 4.21. The van der Waals surface area contributed by atoms with Gasteiger partial charge >= 0.3 is 0 Å². The molecule has 0 atom stereocenters. The van der Waals surface area contributed by atoms with Crippen LogP contribution in [-0.2, 0) is 17.1 Å². The van der Waals surface area contributed by atoms with E-state index >= 15 is 0 Å². The molecule has 9 heteroatoms. The van der Waals surface area contributed by atoms with E-state index in [1.807, 2.05) is 0 Å². The number of benzene rings is 1. The molecule has 1 aromatic carbocycles. The number of hydrogen-bond donors (Lipinski definition) is 2. The highest BCUT2D eigenvalue weighted by atomic mass is 32.2. The minimum atomic E-state index is -3.81. The van der Waals surface area contributed by atoms with Gasteiger partial charge in [-0.1, -0.05) is 23.0 Å².